The second-order valence-electron chi connectivity index (χ2n) is 6.89. The number of carbonyl (C=O) groups excluding carboxylic acids is 1. The smallest absolute Gasteiger partial charge is 0.225 e. The Bertz CT molecular complexity index is 593. The van der Waals surface area contributed by atoms with Gasteiger partial charge in [-0.25, -0.2) is 0 Å². The van der Waals surface area contributed by atoms with Crippen LogP contribution in [-0.2, 0) is 4.79 Å². The van der Waals surface area contributed by atoms with Crippen molar-refractivity contribution >= 4 is 11.6 Å². The Morgan fingerprint density at radius 1 is 1.12 bits per heavy atom. The third-order valence-electron chi connectivity index (χ3n) is 5.17. The van der Waals surface area contributed by atoms with E-state index in [1.54, 1.807) is 0 Å². The van der Waals surface area contributed by atoms with Crippen molar-refractivity contribution < 1.29 is 4.79 Å². The molecule has 25 heavy (non-hydrogen) atoms. The van der Waals surface area contributed by atoms with Crippen molar-refractivity contribution in [2.24, 2.45) is 5.92 Å². The van der Waals surface area contributed by atoms with Gasteiger partial charge in [-0.15, -0.1) is 0 Å². The van der Waals surface area contributed by atoms with E-state index in [9.17, 15) is 10.1 Å². The van der Waals surface area contributed by atoms with Gasteiger partial charge in [0.2, 0.25) is 5.91 Å². The summed E-state index contributed by atoms with van der Waals surface area (Å²) in [7, 11) is 4.01. The molecule has 1 heterocycles. The average Bonchev–Trinajstić information content (AvgIpc) is 2.64. The van der Waals surface area contributed by atoms with Crippen LogP contribution in [0.5, 0.6) is 0 Å². The fourth-order valence-electron chi connectivity index (χ4n) is 3.42. The quantitative estimate of drug-likeness (QED) is 0.798. The summed E-state index contributed by atoms with van der Waals surface area (Å²) in [4.78, 5) is 18.7. The number of anilines is 1. The lowest BCUT2D eigenvalue weighted by molar-refractivity contribution is -0.137. The van der Waals surface area contributed by atoms with Gasteiger partial charge in [-0.05, 0) is 30.5 Å². The molecule has 136 valence electrons. The molecule has 0 aromatic heterocycles. The number of nitriles is 1. The fourth-order valence-corrected chi connectivity index (χ4v) is 3.42. The zero-order valence-electron chi connectivity index (χ0n) is 15.9. The highest BCUT2D eigenvalue weighted by molar-refractivity contribution is 5.78. The van der Waals surface area contributed by atoms with Crippen molar-refractivity contribution in [2.45, 2.75) is 32.7 Å². The maximum absolute atomic E-state index is 12.5. The molecule has 0 bridgehead atoms. The highest BCUT2D eigenvalue weighted by Crippen LogP contribution is 2.24. The largest absolute Gasteiger partial charge is 0.378 e. The third kappa shape index (κ3) is 4.52. The van der Waals surface area contributed by atoms with E-state index in [1.165, 1.54) is 0 Å². The van der Waals surface area contributed by atoms with Crippen LogP contribution in [0.15, 0.2) is 24.3 Å². The summed E-state index contributed by atoms with van der Waals surface area (Å²) < 4.78 is 0. The molecule has 1 aliphatic rings. The molecule has 1 amide bonds. The third-order valence-corrected chi connectivity index (χ3v) is 5.17. The summed E-state index contributed by atoms with van der Waals surface area (Å²) >= 11 is 0. The van der Waals surface area contributed by atoms with Crippen LogP contribution >= 0.6 is 0 Å². The zero-order chi connectivity index (χ0) is 18.4. The van der Waals surface area contributed by atoms with Gasteiger partial charge in [0.05, 0.1) is 6.07 Å². The maximum Gasteiger partial charge on any atom is 0.225 e. The van der Waals surface area contributed by atoms with E-state index in [1.807, 2.05) is 48.2 Å². The number of benzene rings is 1. The topological polar surface area (TPSA) is 50.6 Å². The van der Waals surface area contributed by atoms with Crippen LogP contribution < -0.4 is 4.90 Å². The minimum atomic E-state index is -0.249. The molecular formula is C20H30N4O. The first-order valence-corrected chi connectivity index (χ1v) is 9.21. The molecule has 1 atom stereocenters. The lowest BCUT2D eigenvalue weighted by atomic mass is 10.0. The van der Waals surface area contributed by atoms with Crippen molar-refractivity contribution in [3.63, 3.8) is 0 Å². The number of hydrogen-bond acceptors (Lipinski definition) is 4. The summed E-state index contributed by atoms with van der Waals surface area (Å²) in [5.74, 6) is 0.408. The average molecular weight is 342 g/mol. The second kappa shape index (κ2) is 8.87. The van der Waals surface area contributed by atoms with Gasteiger partial charge in [-0.2, -0.15) is 5.26 Å². The molecule has 1 aromatic rings. The molecular weight excluding hydrogens is 312 g/mol. The normalized spacial score (nSPS) is 16.6. The van der Waals surface area contributed by atoms with Gasteiger partial charge in [-0.3, -0.25) is 9.69 Å². The van der Waals surface area contributed by atoms with Crippen molar-refractivity contribution in [2.75, 3.05) is 45.2 Å². The number of rotatable bonds is 6. The van der Waals surface area contributed by atoms with Gasteiger partial charge in [0.25, 0.3) is 0 Å². The first-order chi connectivity index (χ1) is 12.0. The molecule has 5 heteroatoms. The first kappa shape index (κ1) is 19.3. The number of carbonyl (C=O) groups is 1. The Kier molecular flexibility index (Phi) is 6.83. The maximum atomic E-state index is 12.5. The second-order valence-corrected chi connectivity index (χ2v) is 6.89. The highest BCUT2D eigenvalue weighted by atomic mass is 16.2. The van der Waals surface area contributed by atoms with E-state index in [0.717, 1.165) is 37.2 Å². The summed E-state index contributed by atoms with van der Waals surface area (Å²) in [6, 6.07) is 10.3. The van der Waals surface area contributed by atoms with Crippen LogP contribution in [0, 0.1) is 17.2 Å². The molecule has 1 aromatic carbocycles. The van der Waals surface area contributed by atoms with Crippen LogP contribution in [0.4, 0.5) is 5.69 Å². The van der Waals surface area contributed by atoms with Crippen LogP contribution in [0.2, 0.25) is 0 Å². The summed E-state index contributed by atoms with van der Waals surface area (Å²) in [6.07, 6.45) is 1.79. The SMILES string of the molecule is CCC(CC)C(=O)N1CCN(C(C#N)c2ccc(N(C)C)cc2)CC1. The van der Waals surface area contributed by atoms with Gasteiger partial charge < -0.3 is 9.80 Å². The molecule has 0 N–H and O–H groups in total. The number of hydrogen-bond donors (Lipinski definition) is 0. The lowest BCUT2D eigenvalue weighted by Crippen LogP contribution is -2.50. The van der Waals surface area contributed by atoms with Crippen molar-refractivity contribution in [1.82, 2.24) is 9.80 Å². The van der Waals surface area contributed by atoms with Gasteiger partial charge in [0, 0.05) is 51.9 Å². The Labute approximate surface area is 151 Å². The molecule has 1 saturated heterocycles. The predicted molar refractivity (Wildman–Crippen MR) is 101 cm³/mol. The van der Waals surface area contributed by atoms with Crippen LogP contribution in [-0.4, -0.2) is 56.0 Å². The molecule has 2 rings (SSSR count). The van der Waals surface area contributed by atoms with Crippen LogP contribution in [0.25, 0.3) is 0 Å². The minimum Gasteiger partial charge on any atom is -0.378 e. The van der Waals surface area contributed by atoms with Crippen molar-refractivity contribution in [3.05, 3.63) is 29.8 Å². The molecule has 1 aliphatic heterocycles. The van der Waals surface area contributed by atoms with E-state index in [4.69, 9.17) is 0 Å². The predicted octanol–water partition coefficient (Wildman–Crippen LogP) is 2.90. The molecule has 1 fully saturated rings. The zero-order valence-corrected chi connectivity index (χ0v) is 15.9. The van der Waals surface area contributed by atoms with E-state index < -0.39 is 0 Å². The van der Waals surface area contributed by atoms with E-state index >= 15 is 0 Å². The molecule has 0 saturated carbocycles. The Balaban J connectivity index is 2.00. The van der Waals surface area contributed by atoms with Gasteiger partial charge in [0.1, 0.15) is 6.04 Å². The number of nitrogens with zero attached hydrogens (tertiary/aromatic N) is 4. The Morgan fingerprint density at radius 3 is 2.12 bits per heavy atom. The highest BCUT2D eigenvalue weighted by Gasteiger charge is 2.29. The van der Waals surface area contributed by atoms with Crippen molar-refractivity contribution in [1.29, 1.82) is 5.26 Å². The standard InChI is InChI=1S/C20H30N4O/c1-5-16(6-2)20(25)24-13-11-23(12-14-24)19(15-21)17-7-9-18(10-8-17)22(3)4/h7-10,16,19H,5-6,11-14H2,1-4H3. The van der Waals surface area contributed by atoms with E-state index in [-0.39, 0.29) is 17.9 Å². The molecule has 0 spiro atoms. The van der Waals surface area contributed by atoms with Gasteiger partial charge in [0.15, 0.2) is 0 Å². The summed E-state index contributed by atoms with van der Waals surface area (Å²) in [6.45, 7) is 7.07. The Morgan fingerprint density at radius 2 is 1.68 bits per heavy atom. The van der Waals surface area contributed by atoms with E-state index in [0.29, 0.717) is 13.1 Å². The fraction of sp³-hybridized carbons (Fsp3) is 0.600. The van der Waals surface area contributed by atoms with Gasteiger partial charge in [-0.1, -0.05) is 26.0 Å². The molecule has 1 unspecified atom stereocenters. The Hall–Kier alpha value is -2.06. The summed E-state index contributed by atoms with van der Waals surface area (Å²) in [5.41, 5.74) is 2.15. The number of piperazine rings is 1. The number of amides is 1. The van der Waals surface area contributed by atoms with Crippen LogP contribution in [0.3, 0.4) is 0 Å². The molecule has 0 radical (unpaired) electrons. The molecule has 0 aliphatic carbocycles. The molecule has 5 nitrogen and oxygen atoms in total. The first-order valence-electron chi connectivity index (χ1n) is 9.21. The monoisotopic (exact) mass is 342 g/mol. The minimum absolute atomic E-state index is 0.136. The van der Waals surface area contributed by atoms with Gasteiger partial charge >= 0.3 is 0 Å². The van der Waals surface area contributed by atoms with Crippen molar-refractivity contribution in [3.8, 4) is 6.07 Å². The summed E-state index contributed by atoms with van der Waals surface area (Å²) in [5, 5.41) is 9.67. The lowest BCUT2D eigenvalue weighted by Gasteiger charge is -2.38. The van der Waals surface area contributed by atoms with E-state index in [2.05, 4.69) is 24.8 Å². The van der Waals surface area contributed by atoms with Crippen LogP contribution in [0.1, 0.15) is 38.3 Å².